The number of nitrogens with zero attached hydrogens (tertiary/aromatic N) is 3. The molecule has 1 fully saturated rings. The minimum absolute atomic E-state index is 0.0261. The third kappa shape index (κ3) is 2.54. The summed E-state index contributed by atoms with van der Waals surface area (Å²) in [6.07, 6.45) is 1.56. The van der Waals surface area contributed by atoms with Gasteiger partial charge >= 0.3 is 0 Å². The van der Waals surface area contributed by atoms with Crippen molar-refractivity contribution in [3.63, 3.8) is 0 Å². The van der Waals surface area contributed by atoms with Crippen molar-refractivity contribution in [3.8, 4) is 0 Å². The van der Waals surface area contributed by atoms with Gasteiger partial charge in [0.2, 0.25) is 0 Å². The second-order valence-corrected chi connectivity index (χ2v) is 4.31. The van der Waals surface area contributed by atoms with Crippen LogP contribution < -0.4 is 10.2 Å². The van der Waals surface area contributed by atoms with E-state index in [4.69, 9.17) is 4.74 Å². The molecule has 2 rings (SSSR count). The number of hydrogen-bond acceptors (Lipinski definition) is 6. The quantitative estimate of drug-likeness (QED) is 0.809. The lowest BCUT2D eigenvalue weighted by molar-refractivity contribution is 0.0722. The Hall–Kier alpha value is -1.40. The number of aliphatic hydroxyl groups excluding tert-OH is 1. The van der Waals surface area contributed by atoms with Crippen molar-refractivity contribution < 1.29 is 9.84 Å². The van der Waals surface area contributed by atoms with Gasteiger partial charge in [-0.1, -0.05) is 0 Å². The zero-order valence-corrected chi connectivity index (χ0v) is 10.9. The van der Waals surface area contributed by atoms with Gasteiger partial charge in [-0.05, 0) is 13.8 Å². The number of anilines is 2. The molecule has 0 aromatic carbocycles. The van der Waals surface area contributed by atoms with Crippen LogP contribution in [0.25, 0.3) is 0 Å². The lowest BCUT2D eigenvalue weighted by Gasteiger charge is -2.36. The summed E-state index contributed by atoms with van der Waals surface area (Å²) in [5.41, 5.74) is 1.01. The summed E-state index contributed by atoms with van der Waals surface area (Å²) in [7, 11) is 0. The summed E-state index contributed by atoms with van der Waals surface area (Å²) in [4.78, 5) is 10.7. The number of rotatable bonds is 4. The largest absolute Gasteiger partial charge is 0.394 e. The number of nitrogens with one attached hydrogen (secondary N) is 1. The normalized spacial score (nSPS) is 19.9. The molecule has 0 aliphatic carbocycles. The van der Waals surface area contributed by atoms with Gasteiger partial charge in [0.25, 0.3) is 0 Å². The molecule has 1 aliphatic heterocycles. The summed E-state index contributed by atoms with van der Waals surface area (Å²) in [5.74, 6) is 1.73. The summed E-state index contributed by atoms with van der Waals surface area (Å²) in [5, 5.41) is 12.6. The minimum Gasteiger partial charge on any atom is -0.394 e. The SMILES string of the molecule is CCNc1ncnc(N2CCOCC2CO)c1C. The fourth-order valence-corrected chi connectivity index (χ4v) is 2.16. The van der Waals surface area contributed by atoms with E-state index in [9.17, 15) is 5.11 Å². The number of aliphatic hydroxyl groups is 1. The fourth-order valence-electron chi connectivity index (χ4n) is 2.16. The van der Waals surface area contributed by atoms with Crippen LogP contribution in [0, 0.1) is 6.92 Å². The monoisotopic (exact) mass is 252 g/mol. The number of ether oxygens (including phenoxy) is 1. The maximum absolute atomic E-state index is 9.41. The molecule has 1 aromatic rings. The first-order valence-electron chi connectivity index (χ1n) is 6.28. The molecule has 0 saturated carbocycles. The molecule has 6 nitrogen and oxygen atoms in total. The minimum atomic E-state index is -0.0261. The number of morpholine rings is 1. The van der Waals surface area contributed by atoms with Crippen molar-refractivity contribution in [1.82, 2.24) is 9.97 Å². The highest BCUT2D eigenvalue weighted by Gasteiger charge is 2.25. The van der Waals surface area contributed by atoms with Crippen LogP contribution in [0.1, 0.15) is 12.5 Å². The Balaban J connectivity index is 2.28. The van der Waals surface area contributed by atoms with Gasteiger partial charge in [-0.15, -0.1) is 0 Å². The van der Waals surface area contributed by atoms with Crippen LogP contribution >= 0.6 is 0 Å². The van der Waals surface area contributed by atoms with Crippen LogP contribution in [-0.4, -0.2) is 54.0 Å². The predicted octanol–water partition coefficient (Wildman–Crippen LogP) is 0.414. The second-order valence-electron chi connectivity index (χ2n) is 4.31. The van der Waals surface area contributed by atoms with E-state index < -0.39 is 0 Å². The van der Waals surface area contributed by atoms with Crippen LogP contribution in [-0.2, 0) is 4.74 Å². The number of aromatic nitrogens is 2. The van der Waals surface area contributed by atoms with E-state index in [0.717, 1.165) is 30.3 Å². The van der Waals surface area contributed by atoms with E-state index in [2.05, 4.69) is 20.2 Å². The first-order chi connectivity index (χ1) is 8.77. The Labute approximate surface area is 107 Å². The number of hydrogen-bond donors (Lipinski definition) is 2. The van der Waals surface area contributed by atoms with Crippen molar-refractivity contribution in [3.05, 3.63) is 11.9 Å². The van der Waals surface area contributed by atoms with Gasteiger partial charge in [-0.25, -0.2) is 9.97 Å². The van der Waals surface area contributed by atoms with Crippen molar-refractivity contribution in [1.29, 1.82) is 0 Å². The summed E-state index contributed by atoms with van der Waals surface area (Å²) in [6, 6.07) is -0.0261. The Morgan fingerprint density at radius 3 is 3.11 bits per heavy atom. The molecule has 1 aromatic heterocycles. The van der Waals surface area contributed by atoms with Gasteiger partial charge in [-0.2, -0.15) is 0 Å². The van der Waals surface area contributed by atoms with Crippen LogP contribution in [0.2, 0.25) is 0 Å². The van der Waals surface area contributed by atoms with E-state index in [-0.39, 0.29) is 12.6 Å². The third-order valence-electron chi connectivity index (χ3n) is 3.11. The molecule has 0 amide bonds. The van der Waals surface area contributed by atoms with Gasteiger partial charge in [0.1, 0.15) is 18.0 Å². The zero-order chi connectivity index (χ0) is 13.0. The molecule has 6 heteroatoms. The second kappa shape index (κ2) is 5.97. The van der Waals surface area contributed by atoms with Crippen molar-refractivity contribution in [2.24, 2.45) is 0 Å². The van der Waals surface area contributed by atoms with E-state index in [1.54, 1.807) is 6.33 Å². The average Bonchev–Trinajstić information content (AvgIpc) is 2.41. The molecule has 1 unspecified atom stereocenters. The highest BCUT2D eigenvalue weighted by molar-refractivity contribution is 5.58. The first kappa shape index (κ1) is 13.0. The van der Waals surface area contributed by atoms with E-state index in [0.29, 0.717) is 13.2 Å². The molecule has 0 spiro atoms. The summed E-state index contributed by atoms with van der Waals surface area (Å²) < 4.78 is 5.38. The van der Waals surface area contributed by atoms with Gasteiger partial charge in [0.05, 0.1) is 25.9 Å². The third-order valence-corrected chi connectivity index (χ3v) is 3.11. The van der Waals surface area contributed by atoms with Gasteiger partial charge in [0, 0.05) is 18.7 Å². The maximum Gasteiger partial charge on any atom is 0.137 e. The van der Waals surface area contributed by atoms with E-state index in [1.165, 1.54) is 0 Å². The molecule has 1 saturated heterocycles. The Bertz CT molecular complexity index is 400. The van der Waals surface area contributed by atoms with Crippen molar-refractivity contribution in [2.45, 2.75) is 19.9 Å². The molecule has 0 bridgehead atoms. The lowest BCUT2D eigenvalue weighted by atomic mass is 10.2. The summed E-state index contributed by atoms with van der Waals surface area (Å²) in [6.45, 7) is 6.87. The topological polar surface area (TPSA) is 70.5 Å². The molecular weight excluding hydrogens is 232 g/mol. The standard InChI is InChI=1S/C12H20N4O2/c1-3-13-11-9(2)12(15-8-14-11)16-4-5-18-7-10(16)6-17/h8,10,17H,3-7H2,1-2H3,(H,13,14,15). The smallest absolute Gasteiger partial charge is 0.137 e. The lowest BCUT2D eigenvalue weighted by Crippen LogP contribution is -2.48. The molecule has 100 valence electrons. The molecule has 2 N–H and O–H groups in total. The molecule has 0 radical (unpaired) electrons. The highest BCUT2D eigenvalue weighted by atomic mass is 16.5. The molecule has 1 atom stereocenters. The molecule has 18 heavy (non-hydrogen) atoms. The predicted molar refractivity (Wildman–Crippen MR) is 70.0 cm³/mol. The van der Waals surface area contributed by atoms with Crippen LogP contribution in [0.4, 0.5) is 11.6 Å². The van der Waals surface area contributed by atoms with E-state index in [1.807, 2.05) is 13.8 Å². The van der Waals surface area contributed by atoms with Gasteiger partial charge in [0.15, 0.2) is 0 Å². The first-order valence-corrected chi connectivity index (χ1v) is 6.28. The molecule has 1 aliphatic rings. The van der Waals surface area contributed by atoms with Crippen LogP contribution in [0.3, 0.4) is 0 Å². The Morgan fingerprint density at radius 2 is 2.39 bits per heavy atom. The molecular formula is C12H20N4O2. The maximum atomic E-state index is 9.41. The van der Waals surface area contributed by atoms with Gasteiger partial charge in [-0.3, -0.25) is 0 Å². The van der Waals surface area contributed by atoms with Crippen molar-refractivity contribution >= 4 is 11.6 Å². The van der Waals surface area contributed by atoms with E-state index >= 15 is 0 Å². The summed E-state index contributed by atoms with van der Waals surface area (Å²) >= 11 is 0. The Morgan fingerprint density at radius 1 is 1.56 bits per heavy atom. The fraction of sp³-hybridized carbons (Fsp3) is 0.667. The van der Waals surface area contributed by atoms with Gasteiger partial charge < -0.3 is 20.1 Å². The average molecular weight is 252 g/mol. The zero-order valence-electron chi connectivity index (χ0n) is 10.9. The molecule has 2 heterocycles. The highest BCUT2D eigenvalue weighted by Crippen LogP contribution is 2.25. The van der Waals surface area contributed by atoms with Crippen molar-refractivity contribution in [2.75, 3.05) is 43.1 Å². The van der Waals surface area contributed by atoms with Crippen LogP contribution in [0.15, 0.2) is 6.33 Å². The Kier molecular flexibility index (Phi) is 4.33. The van der Waals surface area contributed by atoms with Crippen LogP contribution in [0.5, 0.6) is 0 Å².